The average Bonchev–Trinajstić information content (AvgIpc) is 2.84. The quantitative estimate of drug-likeness (QED) is 0.148. The fourth-order valence-electron chi connectivity index (χ4n) is 4.76. The van der Waals surface area contributed by atoms with Crippen molar-refractivity contribution in [1.29, 1.82) is 0 Å². The number of fused-ring (bicyclic) bond motifs is 6. The molecule has 0 spiro atoms. The molecule has 0 N–H and O–H groups in total. The molecule has 152 valence electrons. The van der Waals surface area contributed by atoms with Crippen LogP contribution in [-0.2, 0) is 12.6 Å². The predicted octanol–water partition coefficient (Wildman–Crippen LogP) is 5.27. The second-order valence-corrected chi connectivity index (χ2v) is 8.95. The van der Waals surface area contributed by atoms with Gasteiger partial charge < -0.3 is 29.7 Å². The number of rotatable bonds is 2. The molecule has 33 heavy (non-hydrogen) atoms. The van der Waals surface area contributed by atoms with Crippen LogP contribution in [-0.4, -0.2) is 4.32 Å². The topological polar surface area (TPSA) is 3.24 Å². The normalized spacial score (nSPS) is 11.0. The summed E-state index contributed by atoms with van der Waals surface area (Å²) in [7, 11) is 0. The molecule has 0 aliphatic heterocycles. The van der Waals surface area contributed by atoms with Gasteiger partial charge in [-0.05, 0) is 44.5 Å². The van der Waals surface area contributed by atoms with E-state index < -0.39 is 0 Å². The Kier molecular flexibility index (Phi) is 6.09. The number of hydrogen-bond donors (Lipinski definition) is 0. The molecule has 1 nitrogen and oxygen atoms in total. The molecule has 0 amide bonds. The first-order chi connectivity index (χ1) is 15.7. The van der Waals surface area contributed by atoms with Gasteiger partial charge in [0, 0.05) is 10.8 Å². The fraction of sp³-hybridized carbons (Fsp3) is 0. The first-order valence-electron chi connectivity index (χ1n) is 10.5. The zero-order chi connectivity index (χ0) is 21.7. The van der Waals surface area contributed by atoms with Crippen molar-refractivity contribution in [2.45, 2.75) is 0 Å². The van der Waals surface area contributed by atoms with Gasteiger partial charge in [0.15, 0.2) is 0 Å². The van der Waals surface area contributed by atoms with Crippen molar-refractivity contribution in [3.05, 3.63) is 109 Å². The van der Waals surface area contributed by atoms with Gasteiger partial charge in [0.1, 0.15) is 0 Å². The molecule has 0 heterocycles. The number of nitrogens with zero attached hydrogens (tertiary/aromatic N) is 1. The molecule has 0 bridgehead atoms. The summed E-state index contributed by atoms with van der Waals surface area (Å²) in [6.07, 6.45) is 0. The summed E-state index contributed by atoms with van der Waals surface area (Å²) in [5, 5.41) is 9.57. The van der Waals surface area contributed by atoms with Crippen LogP contribution in [0.3, 0.4) is 0 Å². The monoisotopic (exact) mass is 467 g/mol. The SMILES string of the molecule is S=C([S-])N(c1cccc2c1ccc1ccccc12)c1cccc2c1ccc1ccccc12.[Na+]. The van der Waals surface area contributed by atoms with Crippen LogP contribution in [0.5, 0.6) is 0 Å². The van der Waals surface area contributed by atoms with Crippen LogP contribution in [0.25, 0.3) is 43.1 Å². The second-order valence-electron chi connectivity index (χ2n) is 7.92. The van der Waals surface area contributed by atoms with Crippen molar-refractivity contribution >= 4 is 83.6 Å². The van der Waals surface area contributed by atoms with Gasteiger partial charge in [-0.1, -0.05) is 101 Å². The minimum absolute atomic E-state index is 0. The molecule has 0 unspecified atom stereocenters. The minimum atomic E-state index is 0. The van der Waals surface area contributed by atoms with Gasteiger partial charge in [-0.2, -0.15) is 0 Å². The van der Waals surface area contributed by atoms with Crippen LogP contribution >= 0.6 is 12.2 Å². The average molecular weight is 468 g/mol. The molecule has 6 aromatic rings. The van der Waals surface area contributed by atoms with Crippen LogP contribution in [0.4, 0.5) is 11.4 Å². The van der Waals surface area contributed by atoms with E-state index in [1.54, 1.807) is 0 Å². The summed E-state index contributed by atoms with van der Waals surface area (Å²) in [5.74, 6) is 0. The minimum Gasteiger partial charge on any atom is -0.411 e. The first-order valence-corrected chi connectivity index (χ1v) is 11.4. The summed E-state index contributed by atoms with van der Waals surface area (Å²) in [5.41, 5.74) is 2.02. The maximum atomic E-state index is 5.64. The number of hydrogen-bond acceptors (Lipinski definition) is 2. The van der Waals surface area contributed by atoms with E-state index in [0.717, 1.165) is 22.1 Å². The van der Waals surface area contributed by atoms with Crippen LogP contribution in [0.1, 0.15) is 0 Å². The summed E-state index contributed by atoms with van der Waals surface area (Å²) in [4.78, 5) is 2.04. The summed E-state index contributed by atoms with van der Waals surface area (Å²) < 4.78 is 0.409. The summed E-state index contributed by atoms with van der Waals surface area (Å²) in [6.45, 7) is 0. The van der Waals surface area contributed by atoms with Gasteiger partial charge in [0.2, 0.25) is 0 Å². The Bertz CT molecular complexity index is 1560. The second kappa shape index (κ2) is 9.02. The van der Waals surface area contributed by atoms with Gasteiger partial charge in [0.25, 0.3) is 0 Å². The van der Waals surface area contributed by atoms with E-state index in [1.807, 2.05) is 4.90 Å². The smallest absolute Gasteiger partial charge is 0.411 e. The zero-order valence-corrected chi connectivity index (χ0v) is 21.8. The molecular formula is C29H18NNaS2. The molecular weight excluding hydrogens is 449 g/mol. The van der Waals surface area contributed by atoms with Gasteiger partial charge in [-0.3, -0.25) is 0 Å². The molecule has 0 aliphatic carbocycles. The summed E-state index contributed by atoms with van der Waals surface area (Å²) >= 11 is 11.3. The van der Waals surface area contributed by atoms with Gasteiger partial charge in [0.05, 0.1) is 11.4 Å². The van der Waals surface area contributed by atoms with Crippen molar-refractivity contribution < 1.29 is 29.6 Å². The van der Waals surface area contributed by atoms with Crippen LogP contribution in [0.15, 0.2) is 109 Å². The molecule has 4 heteroatoms. The predicted molar refractivity (Wildman–Crippen MR) is 145 cm³/mol. The van der Waals surface area contributed by atoms with Crippen molar-refractivity contribution in [3.8, 4) is 0 Å². The fourth-order valence-corrected chi connectivity index (χ4v) is 5.16. The Morgan fingerprint density at radius 2 is 0.909 bits per heavy atom. The largest absolute Gasteiger partial charge is 1.00 e. The maximum absolute atomic E-state index is 5.64. The molecule has 0 saturated carbocycles. The van der Waals surface area contributed by atoms with Crippen LogP contribution < -0.4 is 34.5 Å². The van der Waals surface area contributed by atoms with E-state index in [4.69, 9.17) is 24.8 Å². The van der Waals surface area contributed by atoms with Crippen molar-refractivity contribution in [3.63, 3.8) is 0 Å². The molecule has 0 atom stereocenters. The van der Waals surface area contributed by atoms with E-state index in [-0.39, 0.29) is 29.6 Å². The third kappa shape index (κ3) is 3.71. The van der Waals surface area contributed by atoms with Gasteiger partial charge in [-0.25, -0.2) is 0 Å². The van der Waals surface area contributed by atoms with E-state index in [0.29, 0.717) is 4.32 Å². The third-order valence-electron chi connectivity index (χ3n) is 6.19. The number of anilines is 2. The van der Waals surface area contributed by atoms with Crippen molar-refractivity contribution in [2.75, 3.05) is 4.90 Å². The Morgan fingerprint density at radius 3 is 1.36 bits per heavy atom. The van der Waals surface area contributed by atoms with Crippen LogP contribution in [0.2, 0.25) is 0 Å². The molecule has 6 rings (SSSR count). The molecule has 6 aromatic carbocycles. The van der Waals surface area contributed by atoms with Crippen LogP contribution in [0, 0.1) is 0 Å². The Balaban J connectivity index is 0.00000228. The standard InChI is InChI=1S/C29H19NS2.Na/c31-29(32)30(27-13-5-11-23-21-9-3-1-7-19(21)15-17-25(23)27)28-14-6-12-24-22-10-4-2-8-20(22)16-18-26(24)28;/h1-18H,(H,31,32);/q;+1/p-1. The maximum Gasteiger partial charge on any atom is 1.00 e. The third-order valence-corrected chi connectivity index (χ3v) is 6.56. The number of benzene rings is 6. The van der Waals surface area contributed by atoms with Crippen molar-refractivity contribution in [2.24, 2.45) is 0 Å². The zero-order valence-electron chi connectivity index (χ0n) is 18.2. The summed E-state index contributed by atoms with van der Waals surface area (Å²) in [6, 6.07) is 38.4. The van der Waals surface area contributed by atoms with Gasteiger partial charge >= 0.3 is 29.6 Å². The Hall–Kier alpha value is -2.53. The molecule has 0 saturated heterocycles. The number of thiocarbonyl (C=S) groups is 1. The van der Waals surface area contributed by atoms with Crippen molar-refractivity contribution in [1.82, 2.24) is 0 Å². The van der Waals surface area contributed by atoms with E-state index in [1.165, 1.54) is 32.3 Å². The molecule has 0 radical (unpaired) electrons. The van der Waals surface area contributed by atoms with E-state index in [9.17, 15) is 0 Å². The van der Waals surface area contributed by atoms with E-state index in [2.05, 4.69) is 109 Å². The first kappa shape index (κ1) is 22.3. The molecule has 0 aromatic heterocycles. The molecule has 0 aliphatic rings. The van der Waals surface area contributed by atoms with Gasteiger partial charge in [-0.15, -0.1) is 0 Å². The van der Waals surface area contributed by atoms with E-state index >= 15 is 0 Å². The Labute approximate surface area is 225 Å². The Morgan fingerprint density at radius 1 is 0.485 bits per heavy atom. The molecule has 0 fully saturated rings.